The van der Waals surface area contributed by atoms with Gasteiger partial charge in [0.2, 0.25) is 0 Å². The number of nitrogens with zero attached hydrogens (tertiary/aromatic N) is 1. The summed E-state index contributed by atoms with van der Waals surface area (Å²) in [6.45, 7) is 8.75. The molecule has 0 atom stereocenters. The number of oxime groups is 1. The fourth-order valence-electron chi connectivity index (χ4n) is 1.45. The van der Waals surface area contributed by atoms with Crippen LogP contribution in [0.2, 0.25) is 19.1 Å². The van der Waals surface area contributed by atoms with Crippen molar-refractivity contribution >= 4 is 13.4 Å². The predicted octanol–water partition coefficient (Wildman–Crippen LogP) is 2.88. The van der Waals surface area contributed by atoms with Gasteiger partial charge < -0.3 is 5.21 Å². The topological polar surface area (TPSA) is 32.6 Å². The molecule has 3 heteroatoms. The van der Waals surface area contributed by atoms with Crippen LogP contribution in [-0.4, -0.2) is 18.6 Å². The molecule has 0 spiro atoms. The predicted molar refractivity (Wildman–Crippen MR) is 52.1 cm³/mol. The SMILES string of the molecule is CCC[Si](C)(C)C(CC)=NO. The molecule has 0 aromatic heterocycles. The van der Waals surface area contributed by atoms with E-state index in [4.69, 9.17) is 5.21 Å². The molecule has 0 heterocycles. The van der Waals surface area contributed by atoms with Gasteiger partial charge in [-0.15, -0.1) is 5.16 Å². The summed E-state index contributed by atoms with van der Waals surface area (Å²) < 4.78 is 0. The molecule has 0 rings (SSSR count). The number of hydrogen-bond acceptors (Lipinski definition) is 2. The Bertz CT molecular complexity index is 143. The highest BCUT2D eigenvalue weighted by atomic mass is 28.3. The molecule has 11 heavy (non-hydrogen) atoms. The van der Waals surface area contributed by atoms with E-state index in [-0.39, 0.29) is 0 Å². The summed E-state index contributed by atoms with van der Waals surface area (Å²) in [5, 5.41) is 13.1. The largest absolute Gasteiger partial charge is 0.411 e. The van der Waals surface area contributed by atoms with E-state index in [2.05, 4.69) is 32.1 Å². The molecule has 0 unspecified atom stereocenters. The second kappa shape index (κ2) is 4.54. The molecule has 2 nitrogen and oxygen atoms in total. The van der Waals surface area contributed by atoms with Gasteiger partial charge in [-0.1, -0.05) is 39.4 Å². The Morgan fingerprint density at radius 2 is 1.91 bits per heavy atom. The highest BCUT2D eigenvalue weighted by Crippen LogP contribution is 2.15. The van der Waals surface area contributed by atoms with Gasteiger partial charge in [-0.05, 0) is 6.42 Å². The molecule has 0 aliphatic rings. The van der Waals surface area contributed by atoms with E-state index in [1.165, 1.54) is 12.5 Å². The average Bonchev–Trinajstić information content (AvgIpc) is 1.89. The number of rotatable bonds is 4. The van der Waals surface area contributed by atoms with Crippen LogP contribution >= 0.6 is 0 Å². The Labute approximate surface area is 70.3 Å². The molecule has 1 N–H and O–H groups in total. The zero-order chi connectivity index (χ0) is 8.91. The lowest BCUT2D eigenvalue weighted by Gasteiger charge is -2.21. The van der Waals surface area contributed by atoms with Gasteiger partial charge >= 0.3 is 0 Å². The summed E-state index contributed by atoms with van der Waals surface area (Å²) in [4.78, 5) is 0. The highest BCUT2D eigenvalue weighted by molar-refractivity contribution is 7.05. The molecule has 0 radical (unpaired) electrons. The Kier molecular flexibility index (Phi) is 4.41. The molecule has 66 valence electrons. The van der Waals surface area contributed by atoms with Gasteiger partial charge in [0.15, 0.2) is 0 Å². The molecule has 0 saturated carbocycles. The van der Waals surface area contributed by atoms with Crippen molar-refractivity contribution in [1.82, 2.24) is 0 Å². The standard InChI is InChI=1S/C8H19NOSi/c1-5-7-11(3,4)8(6-2)9-10/h10H,5-7H2,1-4H3. The summed E-state index contributed by atoms with van der Waals surface area (Å²) in [6, 6.07) is 1.22. The second-order valence-corrected chi connectivity index (χ2v) is 8.38. The van der Waals surface area contributed by atoms with Crippen molar-refractivity contribution in [2.45, 2.75) is 45.8 Å². The summed E-state index contributed by atoms with van der Waals surface area (Å²) in [5.74, 6) is 0. The maximum absolute atomic E-state index is 8.71. The first-order chi connectivity index (χ1) is 5.08. The first-order valence-electron chi connectivity index (χ1n) is 4.29. The Balaban J connectivity index is 4.25. The lowest BCUT2D eigenvalue weighted by atomic mass is 10.5. The van der Waals surface area contributed by atoms with E-state index in [0.717, 1.165) is 11.8 Å². The second-order valence-electron chi connectivity index (χ2n) is 3.53. The normalized spacial score (nSPS) is 13.6. The van der Waals surface area contributed by atoms with Crippen LogP contribution in [0.1, 0.15) is 26.7 Å². The Hall–Kier alpha value is -0.313. The van der Waals surface area contributed by atoms with Crippen molar-refractivity contribution in [3.63, 3.8) is 0 Å². The minimum atomic E-state index is -1.33. The first kappa shape index (κ1) is 10.7. The molecule has 0 aliphatic heterocycles. The molecular formula is C8H19NOSi. The lowest BCUT2D eigenvalue weighted by molar-refractivity contribution is 0.319. The highest BCUT2D eigenvalue weighted by Gasteiger charge is 2.25. The maximum atomic E-state index is 8.71. The molecule has 0 amide bonds. The molecule has 0 aromatic rings. The van der Waals surface area contributed by atoms with E-state index >= 15 is 0 Å². The van der Waals surface area contributed by atoms with E-state index in [9.17, 15) is 0 Å². The molecular weight excluding hydrogens is 154 g/mol. The van der Waals surface area contributed by atoms with Crippen LogP contribution in [-0.2, 0) is 0 Å². The third-order valence-electron chi connectivity index (χ3n) is 2.11. The fourth-order valence-corrected chi connectivity index (χ4v) is 4.22. The van der Waals surface area contributed by atoms with Crippen molar-refractivity contribution in [3.8, 4) is 0 Å². The zero-order valence-corrected chi connectivity index (χ0v) is 9.02. The van der Waals surface area contributed by atoms with Crippen molar-refractivity contribution in [3.05, 3.63) is 0 Å². The smallest absolute Gasteiger partial charge is 0.103 e. The summed E-state index contributed by atoms with van der Waals surface area (Å²) in [5.41, 5.74) is 0. The van der Waals surface area contributed by atoms with Crippen molar-refractivity contribution < 1.29 is 5.21 Å². The van der Waals surface area contributed by atoms with E-state index in [1.54, 1.807) is 0 Å². The number of hydrogen-bond donors (Lipinski definition) is 1. The third kappa shape index (κ3) is 3.06. The summed E-state index contributed by atoms with van der Waals surface area (Å²) in [6.07, 6.45) is 2.09. The van der Waals surface area contributed by atoms with Crippen LogP contribution in [0.4, 0.5) is 0 Å². The van der Waals surface area contributed by atoms with Crippen molar-refractivity contribution in [2.75, 3.05) is 0 Å². The minimum Gasteiger partial charge on any atom is -0.411 e. The third-order valence-corrected chi connectivity index (χ3v) is 5.88. The maximum Gasteiger partial charge on any atom is 0.103 e. The Morgan fingerprint density at radius 1 is 1.36 bits per heavy atom. The van der Waals surface area contributed by atoms with Crippen LogP contribution < -0.4 is 0 Å². The lowest BCUT2D eigenvalue weighted by Crippen LogP contribution is -2.36. The molecule has 0 bridgehead atoms. The van der Waals surface area contributed by atoms with Gasteiger partial charge in [-0.2, -0.15) is 0 Å². The van der Waals surface area contributed by atoms with Crippen LogP contribution in [0.5, 0.6) is 0 Å². The quantitative estimate of drug-likeness (QED) is 0.301. The van der Waals surface area contributed by atoms with E-state index < -0.39 is 8.07 Å². The van der Waals surface area contributed by atoms with Crippen molar-refractivity contribution in [2.24, 2.45) is 5.16 Å². The average molecular weight is 173 g/mol. The fraction of sp³-hybridized carbons (Fsp3) is 0.875. The van der Waals surface area contributed by atoms with Crippen molar-refractivity contribution in [1.29, 1.82) is 0 Å². The van der Waals surface area contributed by atoms with Crippen LogP contribution in [0.15, 0.2) is 5.16 Å². The van der Waals surface area contributed by atoms with Gasteiger partial charge in [0, 0.05) is 5.33 Å². The summed E-state index contributed by atoms with van der Waals surface area (Å²) >= 11 is 0. The monoisotopic (exact) mass is 173 g/mol. The zero-order valence-electron chi connectivity index (χ0n) is 8.02. The van der Waals surface area contributed by atoms with E-state index in [0.29, 0.717) is 0 Å². The first-order valence-corrected chi connectivity index (χ1v) is 7.50. The van der Waals surface area contributed by atoms with E-state index in [1.807, 2.05) is 0 Å². The van der Waals surface area contributed by atoms with Crippen LogP contribution in [0.25, 0.3) is 0 Å². The van der Waals surface area contributed by atoms with Crippen LogP contribution in [0, 0.1) is 0 Å². The minimum absolute atomic E-state index is 0.899. The van der Waals surface area contributed by atoms with Crippen LogP contribution in [0.3, 0.4) is 0 Å². The van der Waals surface area contributed by atoms with Gasteiger partial charge in [0.1, 0.15) is 8.07 Å². The Morgan fingerprint density at radius 3 is 2.18 bits per heavy atom. The van der Waals surface area contributed by atoms with Gasteiger partial charge in [0.05, 0.1) is 0 Å². The molecule has 0 aliphatic carbocycles. The molecule has 0 fully saturated rings. The molecule has 0 aromatic carbocycles. The van der Waals surface area contributed by atoms with Gasteiger partial charge in [-0.25, -0.2) is 0 Å². The molecule has 0 saturated heterocycles. The summed E-state index contributed by atoms with van der Waals surface area (Å²) in [7, 11) is -1.33. The van der Waals surface area contributed by atoms with Gasteiger partial charge in [-0.3, -0.25) is 0 Å². The van der Waals surface area contributed by atoms with Gasteiger partial charge in [0.25, 0.3) is 0 Å².